The second-order valence-corrected chi connectivity index (χ2v) is 12.4. The summed E-state index contributed by atoms with van der Waals surface area (Å²) in [7, 11) is 1.32. The van der Waals surface area contributed by atoms with E-state index >= 15 is 0 Å². The van der Waals surface area contributed by atoms with Crippen LogP contribution in [-0.2, 0) is 22.6 Å². The number of fused-ring (bicyclic) bond motifs is 2. The van der Waals surface area contributed by atoms with Crippen molar-refractivity contribution in [2.75, 3.05) is 20.3 Å². The van der Waals surface area contributed by atoms with Crippen LogP contribution in [0.3, 0.4) is 0 Å². The van der Waals surface area contributed by atoms with Crippen molar-refractivity contribution in [3.8, 4) is 11.5 Å². The van der Waals surface area contributed by atoms with Crippen molar-refractivity contribution in [1.82, 2.24) is 9.47 Å². The number of esters is 1. The topological polar surface area (TPSA) is 96.3 Å². The molecule has 0 radical (unpaired) electrons. The van der Waals surface area contributed by atoms with E-state index in [0.717, 1.165) is 55.4 Å². The summed E-state index contributed by atoms with van der Waals surface area (Å²) in [6.45, 7) is 7.65. The Balaban J connectivity index is 1.25. The number of methoxy groups -OCH3 is 1. The highest BCUT2D eigenvalue weighted by atomic mass is 16.6. The Morgan fingerprint density at radius 3 is 2.57 bits per heavy atom. The molecule has 234 valence electrons. The highest BCUT2D eigenvalue weighted by Gasteiger charge is 2.30. The Morgan fingerprint density at radius 2 is 1.80 bits per heavy atom. The number of nitrogens with zero attached hydrogens (tertiary/aromatic N) is 2. The van der Waals surface area contributed by atoms with Gasteiger partial charge >= 0.3 is 12.1 Å². The Morgan fingerprint density at radius 1 is 1.02 bits per heavy atom. The summed E-state index contributed by atoms with van der Waals surface area (Å²) in [5, 5.41) is 0.704. The zero-order valence-corrected chi connectivity index (χ0v) is 26.1. The molecule has 0 fully saturated rings. The van der Waals surface area contributed by atoms with E-state index in [-0.39, 0.29) is 23.3 Å². The van der Waals surface area contributed by atoms with E-state index in [1.807, 2.05) is 68.1 Å². The Kier molecular flexibility index (Phi) is 9.61. The van der Waals surface area contributed by atoms with E-state index < -0.39 is 11.6 Å². The molecule has 9 heteroatoms. The minimum atomic E-state index is -0.604. The van der Waals surface area contributed by atoms with Gasteiger partial charge in [0.15, 0.2) is 11.5 Å². The SMILES string of the molecule is COC(=O)c1cc(=O)n(CCCC2=CCCC(N(Cc3ccc4c(c3)OCCO4)C(=O)OC(C)(C)C)CC2)c2ccccc12. The van der Waals surface area contributed by atoms with Crippen LogP contribution in [0.5, 0.6) is 11.5 Å². The number of carbonyl (C=O) groups is 2. The molecule has 0 N–H and O–H groups in total. The number of ether oxygens (including phenoxy) is 4. The number of hydrogen-bond donors (Lipinski definition) is 0. The normalized spacial score (nSPS) is 16.5. The molecular weight excluding hydrogens is 560 g/mol. The van der Waals surface area contributed by atoms with Gasteiger partial charge in [-0.2, -0.15) is 0 Å². The van der Waals surface area contributed by atoms with Gasteiger partial charge in [-0.3, -0.25) is 4.79 Å². The van der Waals surface area contributed by atoms with Crippen LogP contribution >= 0.6 is 0 Å². The summed E-state index contributed by atoms with van der Waals surface area (Å²) in [5.41, 5.74) is 2.49. The van der Waals surface area contributed by atoms with Crippen molar-refractivity contribution in [1.29, 1.82) is 0 Å². The molecular formula is C35H42N2O7. The average Bonchev–Trinajstić information content (AvgIpc) is 3.25. The maximum absolute atomic E-state index is 13.5. The quantitative estimate of drug-likeness (QED) is 0.211. The molecule has 9 nitrogen and oxygen atoms in total. The molecule has 1 aliphatic carbocycles. The standard InChI is InChI=1S/C35H42N2O7/c1-35(2,3)44-34(40)37(23-25-15-17-30-31(21-25)43-20-19-42-30)26-11-7-9-24(14-16-26)10-8-18-36-29-13-6-5-12-27(29)28(22-32(36)38)33(39)41-4/h5-6,9,12-13,15,17,21-22,26H,7-8,10-11,14,16,18-20,23H2,1-4H3. The molecule has 0 bridgehead atoms. The van der Waals surface area contributed by atoms with Crippen molar-refractivity contribution in [2.45, 2.75) is 84.0 Å². The Bertz CT molecular complexity index is 1600. The van der Waals surface area contributed by atoms with E-state index in [4.69, 9.17) is 18.9 Å². The number of para-hydroxylation sites is 1. The van der Waals surface area contributed by atoms with E-state index in [9.17, 15) is 14.4 Å². The number of carbonyl (C=O) groups excluding carboxylic acids is 2. The van der Waals surface area contributed by atoms with Crippen LogP contribution in [0.4, 0.5) is 4.79 Å². The molecule has 2 aromatic carbocycles. The first-order valence-electron chi connectivity index (χ1n) is 15.4. The number of pyridine rings is 1. The van der Waals surface area contributed by atoms with E-state index in [1.54, 1.807) is 4.57 Å². The predicted molar refractivity (Wildman–Crippen MR) is 168 cm³/mol. The summed E-state index contributed by atoms with van der Waals surface area (Å²) in [5.74, 6) is 0.911. The maximum atomic E-state index is 13.5. The average molecular weight is 603 g/mol. The van der Waals surface area contributed by atoms with Crippen LogP contribution in [0, 0.1) is 0 Å². The number of benzene rings is 2. The molecule has 44 heavy (non-hydrogen) atoms. The number of allylic oxidation sites excluding steroid dienone is 2. The minimum absolute atomic E-state index is 0.0178. The largest absolute Gasteiger partial charge is 0.486 e. The molecule has 5 rings (SSSR count). The lowest BCUT2D eigenvalue weighted by atomic mass is 10.0. The molecule has 1 aliphatic heterocycles. The van der Waals surface area contributed by atoms with Crippen molar-refractivity contribution in [3.63, 3.8) is 0 Å². The van der Waals surface area contributed by atoms with Crippen LogP contribution in [0.25, 0.3) is 10.9 Å². The number of hydrogen-bond acceptors (Lipinski definition) is 7. The molecule has 0 saturated heterocycles. The first-order valence-corrected chi connectivity index (χ1v) is 15.4. The molecule has 0 saturated carbocycles. The Labute approximate surface area is 258 Å². The van der Waals surface area contributed by atoms with Gasteiger partial charge in [-0.05, 0) is 83.1 Å². The van der Waals surface area contributed by atoms with E-state index in [1.165, 1.54) is 18.7 Å². The van der Waals surface area contributed by atoms with Crippen molar-refractivity contribution in [2.24, 2.45) is 0 Å². The third-order valence-corrected chi connectivity index (χ3v) is 8.06. The number of rotatable bonds is 8. The summed E-state index contributed by atoms with van der Waals surface area (Å²) in [6, 6.07) is 14.7. The fraction of sp³-hybridized carbons (Fsp3) is 0.457. The number of amides is 1. The van der Waals surface area contributed by atoms with Crippen molar-refractivity contribution in [3.05, 3.63) is 81.7 Å². The third-order valence-electron chi connectivity index (χ3n) is 8.06. The van der Waals surface area contributed by atoms with E-state index in [0.29, 0.717) is 37.4 Å². The predicted octanol–water partition coefficient (Wildman–Crippen LogP) is 6.65. The molecule has 1 amide bonds. The van der Waals surface area contributed by atoms with Crippen molar-refractivity contribution < 1.29 is 28.5 Å². The van der Waals surface area contributed by atoms with Gasteiger partial charge in [0.1, 0.15) is 18.8 Å². The zero-order chi connectivity index (χ0) is 31.3. The molecule has 1 atom stereocenters. The molecule has 1 aromatic heterocycles. The maximum Gasteiger partial charge on any atom is 0.410 e. The van der Waals surface area contributed by atoms with Gasteiger partial charge in [0.05, 0.1) is 18.2 Å². The smallest absolute Gasteiger partial charge is 0.410 e. The van der Waals surface area contributed by atoms with Gasteiger partial charge in [-0.15, -0.1) is 0 Å². The summed E-state index contributed by atoms with van der Waals surface area (Å²) in [4.78, 5) is 40.6. The first kappa shape index (κ1) is 31.2. The first-order chi connectivity index (χ1) is 21.1. The molecule has 2 aliphatic rings. The minimum Gasteiger partial charge on any atom is -0.486 e. The third kappa shape index (κ3) is 7.44. The second kappa shape index (κ2) is 13.6. The summed E-state index contributed by atoms with van der Waals surface area (Å²) < 4.78 is 23.9. The van der Waals surface area contributed by atoms with Crippen LogP contribution in [0.1, 0.15) is 75.2 Å². The van der Waals surface area contributed by atoms with Crippen LogP contribution in [0.15, 0.2) is 65.0 Å². The number of aryl methyl sites for hydroxylation is 1. The monoisotopic (exact) mass is 602 g/mol. The fourth-order valence-electron chi connectivity index (χ4n) is 5.97. The molecule has 2 heterocycles. The summed E-state index contributed by atoms with van der Waals surface area (Å²) in [6.07, 6.45) is 6.99. The van der Waals surface area contributed by atoms with Gasteiger partial charge in [-0.25, -0.2) is 9.59 Å². The van der Waals surface area contributed by atoms with Gasteiger partial charge in [-0.1, -0.05) is 35.9 Å². The molecule has 0 spiro atoms. The van der Waals surface area contributed by atoms with Gasteiger partial charge in [0.2, 0.25) is 0 Å². The van der Waals surface area contributed by atoms with Crippen LogP contribution in [0.2, 0.25) is 0 Å². The second-order valence-electron chi connectivity index (χ2n) is 12.4. The lowest BCUT2D eigenvalue weighted by Gasteiger charge is -2.33. The molecule has 1 unspecified atom stereocenters. The van der Waals surface area contributed by atoms with Gasteiger partial charge < -0.3 is 28.4 Å². The van der Waals surface area contributed by atoms with Gasteiger partial charge in [0.25, 0.3) is 5.56 Å². The van der Waals surface area contributed by atoms with Crippen LogP contribution in [-0.4, -0.2) is 53.5 Å². The van der Waals surface area contributed by atoms with Gasteiger partial charge in [0, 0.05) is 30.6 Å². The van der Waals surface area contributed by atoms with E-state index in [2.05, 4.69) is 6.08 Å². The highest BCUT2D eigenvalue weighted by Crippen LogP contribution is 2.33. The zero-order valence-electron chi connectivity index (χ0n) is 26.1. The lowest BCUT2D eigenvalue weighted by molar-refractivity contribution is 0.0123. The van der Waals surface area contributed by atoms with Crippen molar-refractivity contribution >= 4 is 23.0 Å². The van der Waals surface area contributed by atoms with Crippen LogP contribution < -0.4 is 15.0 Å². The Hall–Kier alpha value is -4.27. The lowest BCUT2D eigenvalue weighted by Crippen LogP contribution is -2.43. The molecule has 3 aromatic rings. The highest BCUT2D eigenvalue weighted by molar-refractivity contribution is 6.03. The fourth-order valence-corrected chi connectivity index (χ4v) is 5.97. The number of aromatic nitrogens is 1. The summed E-state index contributed by atoms with van der Waals surface area (Å²) >= 11 is 0.